The molecule has 2 rings (SSSR count). The van der Waals surface area contributed by atoms with Crippen LogP contribution in [0.4, 0.5) is 18.9 Å². The van der Waals surface area contributed by atoms with Crippen molar-refractivity contribution < 1.29 is 18.0 Å². The molecule has 0 heterocycles. The third-order valence-corrected chi connectivity index (χ3v) is 3.30. The Morgan fingerprint density at radius 1 is 1.14 bits per heavy atom. The lowest BCUT2D eigenvalue weighted by atomic mass is 9.98. The highest BCUT2D eigenvalue weighted by Gasteiger charge is 2.35. The lowest BCUT2D eigenvalue weighted by Gasteiger charge is -2.12. The van der Waals surface area contributed by atoms with E-state index in [4.69, 9.17) is 11.6 Å². The number of halogens is 4. The summed E-state index contributed by atoms with van der Waals surface area (Å²) in [6.07, 6.45) is -4.58. The first-order chi connectivity index (χ1) is 9.84. The van der Waals surface area contributed by atoms with Crippen LogP contribution in [0.5, 0.6) is 0 Å². The summed E-state index contributed by atoms with van der Waals surface area (Å²) < 4.78 is 38.8. The number of nitrogens with one attached hydrogen (secondary N) is 1. The van der Waals surface area contributed by atoms with E-state index in [0.717, 1.165) is 6.07 Å². The molecule has 6 heteroatoms. The second-order valence-electron chi connectivity index (χ2n) is 4.32. The van der Waals surface area contributed by atoms with Crippen LogP contribution in [0, 0.1) is 0 Å². The van der Waals surface area contributed by atoms with Crippen molar-refractivity contribution in [2.75, 3.05) is 12.4 Å². The molecule has 0 atom stereocenters. The summed E-state index contributed by atoms with van der Waals surface area (Å²) in [5, 5.41) is 3.17. The molecule has 0 saturated carbocycles. The Morgan fingerprint density at radius 3 is 2.43 bits per heavy atom. The van der Waals surface area contributed by atoms with Gasteiger partial charge in [0.25, 0.3) is 0 Å². The summed E-state index contributed by atoms with van der Waals surface area (Å²) in [6, 6.07) is 9.01. The molecule has 0 radical (unpaired) electrons. The van der Waals surface area contributed by atoms with Gasteiger partial charge in [0.1, 0.15) is 0 Å². The normalized spacial score (nSPS) is 11.3. The van der Waals surface area contributed by atoms with Gasteiger partial charge in [-0.05, 0) is 24.3 Å². The lowest BCUT2D eigenvalue weighted by molar-refractivity contribution is -0.137. The molecule has 0 aliphatic rings. The summed E-state index contributed by atoms with van der Waals surface area (Å²) in [7, 11) is 1.61. The summed E-state index contributed by atoms with van der Waals surface area (Å²) in [6.45, 7) is 0. The van der Waals surface area contributed by atoms with Crippen LogP contribution in [-0.4, -0.2) is 12.8 Å². The third-order valence-electron chi connectivity index (χ3n) is 2.97. The zero-order valence-electron chi connectivity index (χ0n) is 11.0. The van der Waals surface area contributed by atoms with Crippen molar-refractivity contribution in [3.05, 3.63) is 64.2 Å². The Kier molecular flexibility index (Phi) is 4.23. The van der Waals surface area contributed by atoms with Gasteiger partial charge in [0.2, 0.25) is 0 Å². The summed E-state index contributed by atoms with van der Waals surface area (Å²) in [5.41, 5.74) is -0.710. The zero-order chi connectivity index (χ0) is 15.6. The number of hydrogen-bond acceptors (Lipinski definition) is 2. The molecule has 0 amide bonds. The molecule has 2 nitrogen and oxygen atoms in total. The summed E-state index contributed by atoms with van der Waals surface area (Å²) >= 11 is 5.90. The van der Waals surface area contributed by atoms with E-state index in [0.29, 0.717) is 10.7 Å². The van der Waals surface area contributed by atoms with Crippen molar-refractivity contribution in [3.8, 4) is 0 Å². The monoisotopic (exact) mass is 313 g/mol. The Labute approximate surface area is 124 Å². The van der Waals surface area contributed by atoms with Crippen LogP contribution in [0.1, 0.15) is 21.5 Å². The van der Waals surface area contributed by atoms with Gasteiger partial charge < -0.3 is 5.32 Å². The molecule has 2 aromatic rings. The van der Waals surface area contributed by atoms with Gasteiger partial charge in [-0.15, -0.1) is 0 Å². The Bertz CT molecular complexity index is 683. The van der Waals surface area contributed by atoms with Crippen molar-refractivity contribution in [1.82, 2.24) is 0 Å². The maximum atomic E-state index is 12.9. The largest absolute Gasteiger partial charge is 0.417 e. The second kappa shape index (κ2) is 5.77. The first-order valence-electron chi connectivity index (χ1n) is 6.03. The number of hydrogen-bond donors (Lipinski definition) is 1. The van der Waals surface area contributed by atoms with Gasteiger partial charge in [0.05, 0.1) is 16.3 Å². The average Bonchev–Trinajstić information content (AvgIpc) is 2.46. The summed E-state index contributed by atoms with van der Waals surface area (Å²) in [4.78, 5) is 12.3. The van der Waals surface area contributed by atoms with Crippen LogP contribution in [0.3, 0.4) is 0 Å². The van der Waals surface area contributed by atoms with E-state index in [1.54, 1.807) is 7.05 Å². The van der Waals surface area contributed by atoms with Crippen LogP contribution in [0.15, 0.2) is 42.5 Å². The van der Waals surface area contributed by atoms with Gasteiger partial charge in [0.15, 0.2) is 5.78 Å². The fourth-order valence-corrected chi connectivity index (χ4v) is 2.15. The molecule has 0 spiro atoms. The lowest BCUT2D eigenvalue weighted by Crippen LogP contribution is -2.13. The maximum Gasteiger partial charge on any atom is 0.417 e. The molecular weight excluding hydrogens is 303 g/mol. The standard InChI is InChI=1S/C15H11ClF3NO/c1-20-13-8-9(6-7-12(13)16)14(21)10-4-2-3-5-11(10)15(17,18)19/h2-8,20H,1H3. The molecule has 21 heavy (non-hydrogen) atoms. The summed E-state index contributed by atoms with van der Waals surface area (Å²) in [5.74, 6) is -0.698. The van der Waals surface area contributed by atoms with E-state index >= 15 is 0 Å². The van der Waals surface area contributed by atoms with Gasteiger partial charge >= 0.3 is 6.18 Å². The highest BCUT2D eigenvalue weighted by atomic mass is 35.5. The fraction of sp³-hybridized carbons (Fsp3) is 0.133. The van der Waals surface area contributed by atoms with Crippen LogP contribution in [0.25, 0.3) is 0 Å². The zero-order valence-corrected chi connectivity index (χ0v) is 11.7. The maximum absolute atomic E-state index is 12.9. The average molecular weight is 314 g/mol. The predicted octanol–water partition coefficient (Wildman–Crippen LogP) is 4.63. The van der Waals surface area contributed by atoms with Gasteiger partial charge in [0, 0.05) is 18.2 Å². The van der Waals surface area contributed by atoms with E-state index in [1.165, 1.54) is 36.4 Å². The number of carbonyl (C=O) groups excluding carboxylic acids is 1. The SMILES string of the molecule is CNc1cc(C(=O)c2ccccc2C(F)(F)F)ccc1Cl. The number of carbonyl (C=O) groups is 1. The minimum atomic E-state index is -4.58. The minimum Gasteiger partial charge on any atom is -0.387 e. The van der Waals surface area contributed by atoms with E-state index < -0.39 is 17.5 Å². The van der Waals surface area contributed by atoms with E-state index in [-0.39, 0.29) is 11.1 Å². The number of alkyl halides is 3. The van der Waals surface area contributed by atoms with Gasteiger partial charge in [-0.1, -0.05) is 29.8 Å². The van der Waals surface area contributed by atoms with Crippen molar-refractivity contribution in [3.63, 3.8) is 0 Å². The first kappa shape index (κ1) is 15.4. The molecule has 2 aromatic carbocycles. The Balaban J connectivity index is 2.51. The molecule has 0 fully saturated rings. The van der Waals surface area contributed by atoms with Crippen molar-refractivity contribution in [2.45, 2.75) is 6.18 Å². The molecule has 110 valence electrons. The van der Waals surface area contributed by atoms with Gasteiger partial charge in [-0.3, -0.25) is 4.79 Å². The number of ketones is 1. The molecule has 0 aliphatic carbocycles. The third kappa shape index (κ3) is 3.19. The molecule has 0 unspecified atom stereocenters. The van der Waals surface area contributed by atoms with E-state index in [1.807, 2.05) is 0 Å². The molecule has 0 saturated heterocycles. The van der Waals surface area contributed by atoms with E-state index in [9.17, 15) is 18.0 Å². The van der Waals surface area contributed by atoms with Crippen LogP contribution in [-0.2, 0) is 6.18 Å². The van der Waals surface area contributed by atoms with Crippen molar-refractivity contribution >= 4 is 23.1 Å². The second-order valence-corrected chi connectivity index (χ2v) is 4.72. The van der Waals surface area contributed by atoms with Crippen LogP contribution >= 0.6 is 11.6 Å². The van der Waals surface area contributed by atoms with Crippen molar-refractivity contribution in [2.24, 2.45) is 0 Å². The highest BCUT2D eigenvalue weighted by molar-refractivity contribution is 6.33. The topological polar surface area (TPSA) is 29.1 Å². The van der Waals surface area contributed by atoms with Crippen LogP contribution in [0.2, 0.25) is 5.02 Å². The minimum absolute atomic E-state index is 0.139. The number of rotatable bonds is 3. The van der Waals surface area contributed by atoms with Gasteiger partial charge in [-0.25, -0.2) is 0 Å². The first-order valence-corrected chi connectivity index (χ1v) is 6.40. The van der Waals surface area contributed by atoms with E-state index in [2.05, 4.69) is 5.32 Å². The predicted molar refractivity (Wildman–Crippen MR) is 75.9 cm³/mol. The van der Waals surface area contributed by atoms with Gasteiger partial charge in [-0.2, -0.15) is 13.2 Å². The molecule has 0 aromatic heterocycles. The highest BCUT2D eigenvalue weighted by Crippen LogP contribution is 2.33. The molecule has 0 aliphatic heterocycles. The molecule has 1 N–H and O–H groups in total. The quantitative estimate of drug-likeness (QED) is 0.837. The Morgan fingerprint density at radius 2 is 1.81 bits per heavy atom. The number of benzene rings is 2. The number of anilines is 1. The van der Waals surface area contributed by atoms with Crippen LogP contribution < -0.4 is 5.32 Å². The smallest absolute Gasteiger partial charge is 0.387 e. The van der Waals surface area contributed by atoms with Crippen molar-refractivity contribution in [1.29, 1.82) is 0 Å². The Hall–Kier alpha value is -2.01. The fourth-order valence-electron chi connectivity index (χ4n) is 1.94. The molecular formula is C15H11ClF3NO. The molecule has 0 bridgehead atoms.